The first-order chi connectivity index (χ1) is 7.41. The van der Waals surface area contributed by atoms with Gasteiger partial charge in [-0.05, 0) is 25.1 Å². The molecular formula is C11H14BrClN2O. The van der Waals surface area contributed by atoms with Gasteiger partial charge in [0.05, 0.1) is 10.7 Å². The van der Waals surface area contributed by atoms with E-state index in [0.717, 1.165) is 10.2 Å². The Morgan fingerprint density at radius 2 is 2.12 bits per heavy atom. The highest BCUT2D eigenvalue weighted by Crippen LogP contribution is 2.26. The number of rotatable bonds is 3. The van der Waals surface area contributed by atoms with Crippen LogP contribution in [0, 0.1) is 0 Å². The summed E-state index contributed by atoms with van der Waals surface area (Å²) >= 11 is 9.37. The Morgan fingerprint density at radius 3 is 2.69 bits per heavy atom. The molecule has 88 valence electrons. The van der Waals surface area contributed by atoms with Crippen molar-refractivity contribution in [2.24, 2.45) is 0 Å². The summed E-state index contributed by atoms with van der Waals surface area (Å²) in [5.41, 5.74) is 0.749. The fraction of sp³-hybridized carbons (Fsp3) is 0.364. The minimum atomic E-state index is -0.304. The minimum Gasteiger partial charge on any atom is -0.373 e. The highest BCUT2D eigenvalue weighted by molar-refractivity contribution is 9.10. The van der Waals surface area contributed by atoms with Crippen LogP contribution in [0.5, 0.6) is 0 Å². The summed E-state index contributed by atoms with van der Waals surface area (Å²) in [6.07, 6.45) is 0. The predicted molar refractivity (Wildman–Crippen MR) is 70.9 cm³/mol. The van der Waals surface area contributed by atoms with Gasteiger partial charge >= 0.3 is 0 Å². The second-order valence-corrected chi connectivity index (χ2v) is 5.05. The fourth-order valence-corrected chi connectivity index (χ4v) is 1.82. The first-order valence-corrected chi connectivity index (χ1v) is 6.01. The van der Waals surface area contributed by atoms with Gasteiger partial charge in [-0.3, -0.25) is 4.79 Å². The maximum Gasteiger partial charge on any atom is 0.244 e. The van der Waals surface area contributed by atoms with E-state index in [9.17, 15) is 4.79 Å². The molecule has 1 rings (SSSR count). The molecule has 5 heteroatoms. The number of hydrogen-bond donors (Lipinski definition) is 1. The van der Waals surface area contributed by atoms with Gasteiger partial charge in [-0.2, -0.15) is 0 Å². The predicted octanol–water partition coefficient (Wildman–Crippen LogP) is 2.99. The number of hydrogen-bond acceptors (Lipinski definition) is 2. The van der Waals surface area contributed by atoms with E-state index in [0.29, 0.717) is 5.02 Å². The molecule has 0 spiro atoms. The molecule has 1 unspecified atom stereocenters. The summed E-state index contributed by atoms with van der Waals surface area (Å²) in [5.74, 6) is 0.0102. The van der Waals surface area contributed by atoms with Crippen LogP contribution in [0.15, 0.2) is 22.7 Å². The number of likely N-dealkylation sites (N-methyl/N-ethyl adjacent to an activating group) is 1. The monoisotopic (exact) mass is 304 g/mol. The number of halogens is 2. The number of nitrogens with zero attached hydrogens (tertiary/aromatic N) is 1. The second-order valence-electron chi connectivity index (χ2n) is 3.72. The van der Waals surface area contributed by atoms with Crippen molar-refractivity contribution in [3.8, 4) is 0 Å². The molecule has 0 aromatic heterocycles. The molecule has 0 radical (unpaired) electrons. The molecule has 1 amide bonds. The summed E-state index contributed by atoms with van der Waals surface area (Å²) in [6, 6.07) is 5.18. The molecule has 0 fully saturated rings. The van der Waals surface area contributed by atoms with Gasteiger partial charge in [0.1, 0.15) is 6.04 Å². The van der Waals surface area contributed by atoms with Crippen molar-refractivity contribution in [3.63, 3.8) is 0 Å². The number of anilines is 1. The SMILES string of the molecule is CC(Nc1cc(Br)ccc1Cl)C(=O)N(C)C. The van der Waals surface area contributed by atoms with Crippen LogP contribution in [0.3, 0.4) is 0 Å². The number of benzene rings is 1. The van der Waals surface area contributed by atoms with Crippen LogP contribution in [0.1, 0.15) is 6.92 Å². The zero-order chi connectivity index (χ0) is 12.3. The van der Waals surface area contributed by atoms with Gasteiger partial charge < -0.3 is 10.2 Å². The van der Waals surface area contributed by atoms with Crippen molar-refractivity contribution >= 4 is 39.1 Å². The number of nitrogens with one attached hydrogen (secondary N) is 1. The van der Waals surface area contributed by atoms with Crippen molar-refractivity contribution < 1.29 is 4.79 Å². The molecular weight excluding hydrogens is 291 g/mol. The smallest absolute Gasteiger partial charge is 0.244 e. The van der Waals surface area contributed by atoms with Crippen LogP contribution in [0.25, 0.3) is 0 Å². The van der Waals surface area contributed by atoms with E-state index in [1.807, 2.05) is 12.1 Å². The Balaban J connectivity index is 2.80. The Morgan fingerprint density at radius 1 is 1.50 bits per heavy atom. The molecule has 0 bridgehead atoms. The van der Waals surface area contributed by atoms with Crippen molar-refractivity contribution in [1.82, 2.24) is 4.90 Å². The largest absolute Gasteiger partial charge is 0.373 e. The van der Waals surface area contributed by atoms with Crippen LogP contribution >= 0.6 is 27.5 Å². The van der Waals surface area contributed by atoms with Crippen molar-refractivity contribution in [1.29, 1.82) is 0 Å². The van der Waals surface area contributed by atoms with Gasteiger partial charge in [-0.1, -0.05) is 27.5 Å². The molecule has 0 aliphatic heterocycles. The van der Waals surface area contributed by atoms with E-state index in [4.69, 9.17) is 11.6 Å². The Hall–Kier alpha value is -0.740. The summed E-state index contributed by atoms with van der Waals surface area (Å²) < 4.78 is 0.920. The third-order valence-corrected chi connectivity index (χ3v) is 2.93. The lowest BCUT2D eigenvalue weighted by Crippen LogP contribution is -2.36. The van der Waals surface area contributed by atoms with Crippen molar-refractivity contribution in [2.45, 2.75) is 13.0 Å². The molecule has 0 saturated heterocycles. The first-order valence-electron chi connectivity index (χ1n) is 4.84. The van der Waals surface area contributed by atoms with Gasteiger partial charge in [0.25, 0.3) is 0 Å². The molecule has 0 heterocycles. The highest BCUT2D eigenvalue weighted by Gasteiger charge is 2.15. The van der Waals surface area contributed by atoms with Crippen LogP contribution in [-0.2, 0) is 4.79 Å². The van der Waals surface area contributed by atoms with Gasteiger partial charge in [0, 0.05) is 18.6 Å². The van der Waals surface area contributed by atoms with E-state index >= 15 is 0 Å². The van der Waals surface area contributed by atoms with E-state index < -0.39 is 0 Å². The summed E-state index contributed by atoms with van der Waals surface area (Å²) in [6.45, 7) is 1.81. The summed E-state index contributed by atoms with van der Waals surface area (Å²) in [4.78, 5) is 13.2. The molecule has 1 aromatic carbocycles. The second kappa shape index (κ2) is 5.55. The average Bonchev–Trinajstić information content (AvgIpc) is 2.22. The number of amides is 1. The minimum absolute atomic E-state index is 0.0102. The van der Waals surface area contributed by atoms with Crippen LogP contribution in [-0.4, -0.2) is 30.9 Å². The van der Waals surface area contributed by atoms with Crippen LogP contribution < -0.4 is 5.32 Å². The van der Waals surface area contributed by atoms with E-state index in [1.54, 1.807) is 32.0 Å². The van der Waals surface area contributed by atoms with Gasteiger partial charge in [-0.25, -0.2) is 0 Å². The lowest BCUT2D eigenvalue weighted by molar-refractivity contribution is -0.129. The van der Waals surface area contributed by atoms with E-state index in [2.05, 4.69) is 21.2 Å². The Labute approximate surface area is 109 Å². The lowest BCUT2D eigenvalue weighted by Gasteiger charge is -2.19. The fourth-order valence-electron chi connectivity index (χ4n) is 1.29. The number of carbonyl (C=O) groups excluding carboxylic acids is 1. The molecule has 0 aliphatic carbocycles. The van der Waals surface area contributed by atoms with Crippen LogP contribution in [0.2, 0.25) is 5.02 Å². The molecule has 0 aliphatic rings. The van der Waals surface area contributed by atoms with Gasteiger partial charge in [0.2, 0.25) is 5.91 Å². The zero-order valence-electron chi connectivity index (χ0n) is 9.42. The van der Waals surface area contributed by atoms with Crippen molar-refractivity contribution in [2.75, 3.05) is 19.4 Å². The molecule has 16 heavy (non-hydrogen) atoms. The van der Waals surface area contributed by atoms with E-state index in [-0.39, 0.29) is 11.9 Å². The molecule has 0 saturated carbocycles. The third kappa shape index (κ3) is 3.39. The van der Waals surface area contributed by atoms with E-state index in [1.165, 1.54) is 0 Å². The normalized spacial score (nSPS) is 12.1. The van der Waals surface area contributed by atoms with Gasteiger partial charge in [-0.15, -0.1) is 0 Å². The summed E-state index contributed by atoms with van der Waals surface area (Å²) in [5, 5.41) is 3.68. The molecule has 1 N–H and O–H groups in total. The zero-order valence-corrected chi connectivity index (χ0v) is 11.8. The maximum atomic E-state index is 11.7. The average molecular weight is 306 g/mol. The topological polar surface area (TPSA) is 32.3 Å². The molecule has 1 atom stereocenters. The lowest BCUT2D eigenvalue weighted by atomic mass is 10.2. The van der Waals surface area contributed by atoms with Crippen molar-refractivity contribution in [3.05, 3.63) is 27.7 Å². The van der Waals surface area contributed by atoms with Crippen LogP contribution in [0.4, 0.5) is 5.69 Å². The maximum absolute atomic E-state index is 11.7. The first kappa shape index (κ1) is 13.3. The molecule has 1 aromatic rings. The third-order valence-electron chi connectivity index (χ3n) is 2.11. The van der Waals surface area contributed by atoms with Gasteiger partial charge in [0.15, 0.2) is 0 Å². The quantitative estimate of drug-likeness (QED) is 0.931. The Kier molecular flexibility index (Phi) is 4.62. The summed E-state index contributed by atoms with van der Waals surface area (Å²) in [7, 11) is 3.45. The highest BCUT2D eigenvalue weighted by atomic mass is 79.9. The molecule has 3 nitrogen and oxygen atoms in total. The Bertz CT molecular complexity index is 396. The number of carbonyl (C=O) groups is 1. The standard InChI is InChI=1S/C11H14BrClN2O/c1-7(11(16)15(2)3)14-10-6-8(12)4-5-9(10)13/h4-7,14H,1-3H3.